The molecule has 0 aliphatic rings. The Bertz CT molecular complexity index is 540. The minimum absolute atomic E-state index is 0.171. The molecule has 5 heteroatoms. The van der Waals surface area contributed by atoms with Gasteiger partial charge in [-0.3, -0.25) is 0 Å². The lowest BCUT2D eigenvalue weighted by molar-refractivity contribution is 0.00410. The summed E-state index contributed by atoms with van der Waals surface area (Å²) in [4.78, 5) is 4.29. The zero-order chi connectivity index (χ0) is 23.8. The van der Waals surface area contributed by atoms with Crippen molar-refractivity contribution < 1.29 is 18.9 Å². The van der Waals surface area contributed by atoms with Gasteiger partial charge in [-0.2, -0.15) is 4.98 Å². The molecule has 0 aromatic carbocycles. The van der Waals surface area contributed by atoms with Crippen molar-refractivity contribution in [1.29, 1.82) is 0 Å². The molecular formula is C28H51NO4. The van der Waals surface area contributed by atoms with Gasteiger partial charge < -0.3 is 18.9 Å². The Hall–Kier alpha value is -1.33. The average Bonchev–Trinajstić information content (AvgIpc) is 2.83. The van der Waals surface area contributed by atoms with Gasteiger partial charge in [0.1, 0.15) is 6.10 Å². The van der Waals surface area contributed by atoms with E-state index in [4.69, 9.17) is 18.9 Å². The standard InChI is InChI=1S/C28H51NO4/c1-4-5-6-7-8-9-10-11-12-13-14-15-16-17-18-19-23-32-25-26(24-30-2)33-28-22-20-21-27(29-28)31-3/h20-22,26H,4-19,23-25H2,1-3H3/t26-/m0/s1. The third-order valence-corrected chi connectivity index (χ3v) is 5.99. The topological polar surface area (TPSA) is 49.8 Å². The molecule has 0 spiro atoms. The van der Waals surface area contributed by atoms with Crippen LogP contribution >= 0.6 is 0 Å². The molecule has 1 atom stereocenters. The van der Waals surface area contributed by atoms with Crippen LogP contribution in [0.4, 0.5) is 0 Å². The lowest BCUT2D eigenvalue weighted by atomic mass is 10.0. The first-order valence-corrected chi connectivity index (χ1v) is 13.5. The van der Waals surface area contributed by atoms with Gasteiger partial charge in [0.05, 0.1) is 20.3 Å². The molecular weight excluding hydrogens is 414 g/mol. The number of hydrogen-bond acceptors (Lipinski definition) is 5. The van der Waals surface area contributed by atoms with Crippen LogP contribution in [-0.2, 0) is 9.47 Å². The summed E-state index contributed by atoms with van der Waals surface area (Å²) in [7, 11) is 3.27. The number of rotatable bonds is 24. The molecule has 1 heterocycles. The van der Waals surface area contributed by atoms with E-state index in [-0.39, 0.29) is 6.10 Å². The molecule has 33 heavy (non-hydrogen) atoms. The highest BCUT2D eigenvalue weighted by atomic mass is 16.6. The van der Waals surface area contributed by atoms with Gasteiger partial charge in [-0.1, -0.05) is 109 Å². The van der Waals surface area contributed by atoms with E-state index in [2.05, 4.69) is 11.9 Å². The summed E-state index contributed by atoms with van der Waals surface area (Å²) < 4.78 is 22.1. The Morgan fingerprint density at radius 2 is 1.18 bits per heavy atom. The smallest absolute Gasteiger partial charge is 0.216 e. The van der Waals surface area contributed by atoms with E-state index in [1.54, 1.807) is 20.3 Å². The largest absolute Gasteiger partial charge is 0.481 e. The van der Waals surface area contributed by atoms with Gasteiger partial charge in [0.25, 0.3) is 0 Å². The number of unbranched alkanes of at least 4 members (excludes halogenated alkanes) is 15. The number of aromatic nitrogens is 1. The Balaban J connectivity index is 1.90. The molecule has 1 rings (SSSR count). The second-order valence-corrected chi connectivity index (χ2v) is 9.09. The van der Waals surface area contributed by atoms with E-state index < -0.39 is 0 Å². The van der Waals surface area contributed by atoms with Crippen molar-refractivity contribution in [3.63, 3.8) is 0 Å². The number of methoxy groups -OCH3 is 2. The summed E-state index contributed by atoms with van der Waals surface area (Å²) in [6, 6.07) is 5.48. The molecule has 0 bridgehead atoms. The van der Waals surface area contributed by atoms with E-state index in [0.717, 1.165) is 13.0 Å². The maximum atomic E-state index is 5.89. The van der Waals surface area contributed by atoms with Crippen LogP contribution in [0.2, 0.25) is 0 Å². The fraction of sp³-hybridized carbons (Fsp3) is 0.821. The number of ether oxygens (including phenoxy) is 4. The number of nitrogens with zero attached hydrogens (tertiary/aromatic N) is 1. The van der Waals surface area contributed by atoms with Crippen LogP contribution in [0.1, 0.15) is 110 Å². The van der Waals surface area contributed by atoms with E-state index in [1.807, 2.05) is 12.1 Å². The molecule has 0 fully saturated rings. The van der Waals surface area contributed by atoms with E-state index in [0.29, 0.717) is 25.0 Å². The zero-order valence-corrected chi connectivity index (χ0v) is 21.8. The molecule has 0 N–H and O–H groups in total. The predicted molar refractivity (Wildman–Crippen MR) is 137 cm³/mol. The Kier molecular flexibility index (Phi) is 20.2. The van der Waals surface area contributed by atoms with Crippen LogP contribution in [0.3, 0.4) is 0 Å². The summed E-state index contributed by atoms with van der Waals surface area (Å²) in [5.74, 6) is 1.07. The minimum Gasteiger partial charge on any atom is -0.481 e. The first-order valence-electron chi connectivity index (χ1n) is 13.5. The van der Waals surface area contributed by atoms with Gasteiger partial charge in [0, 0.05) is 25.8 Å². The van der Waals surface area contributed by atoms with Gasteiger partial charge in [0.2, 0.25) is 11.8 Å². The van der Waals surface area contributed by atoms with Crippen LogP contribution in [0.25, 0.3) is 0 Å². The number of hydrogen-bond donors (Lipinski definition) is 0. The molecule has 0 saturated heterocycles. The Morgan fingerprint density at radius 3 is 1.70 bits per heavy atom. The van der Waals surface area contributed by atoms with Crippen LogP contribution in [0.5, 0.6) is 11.8 Å². The van der Waals surface area contributed by atoms with Crippen molar-refractivity contribution in [2.45, 2.75) is 116 Å². The van der Waals surface area contributed by atoms with Crippen LogP contribution in [0, 0.1) is 0 Å². The normalized spacial score (nSPS) is 12.1. The van der Waals surface area contributed by atoms with Gasteiger partial charge in [-0.15, -0.1) is 0 Å². The maximum Gasteiger partial charge on any atom is 0.216 e. The average molecular weight is 466 g/mol. The quantitative estimate of drug-likeness (QED) is 0.146. The van der Waals surface area contributed by atoms with Crippen molar-refractivity contribution in [3.05, 3.63) is 18.2 Å². The van der Waals surface area contributed by atoms with Gasteiger partial charge in [-0.25, -0.2) is 0 Å². The molecule has 0 saturated carbocycles. The highest BCUT2D eigenvalue weighted by Crippen LogP contribution is 2.15. The molecule has 5 nitrogen and oxygen atoms in total. The van der Waals surface area contributed by atoms with Crippen molar-refractivity contribution in [3.8, 4) is 11.8 Å². The minimum atomic E-state index is -0.171. The fourth-order valence-electron chi connectivity index (χ4n) is 4.02. The van der Waals surface area contributed by atoms with Crippen molar-refractivity contribution in [2.75, 3.05) is 34.0 Å². The highest BCUT2D eigenvalue weighted by molar-refractivity contribution is 5.19. The summed E-state index contributed by atoms with van der Waals surface area (Å²) in [6.45, 7) is 4.03. The molecule has 0 amide bonds. The predicted octanol–water partition coefficient (Wildman–Crippen LogP) is 7.76. The van der Waals surface area contributed by atoms with E-state index >= 15 is 0 Å². The second kappa shape index (κ2) is 22.5. The molecule has 1 aromatic rings. The third kappa shape index (κ3) is 17.8. The van der Waals surface area contributed by atoms with E-state index in [9.17, 15) is 0 Å². The zero-order valence-electron chi connectivity index (χ0n) is 21.8. The summed E-state index contributed by atoms with van der Waals surface area (Å²) >= 11 is 0. The summed E-state index contributed by atoms with van der Waals surface area (Å²) in [5.41, 5.74) is 0. The number of pyridine rings is 1. The molecule has 0 radical (unpaired) electrons. The Labute approximate surface area is 203 Å². The molecule has 0 aliphatic carbocycles. The van der Waals surface area contributed by atoms with Crippen LogP contribution in [-0.4, -0.2) is 45.1 Å². The van der Waals surface area contributed by atoms with Crippen LogP contribution in [0.15, 0.2) is 18.2 Å². The fourth-order valence-corrected chi connectivity index (χ4v) is 4.02. The molecule has 0 unspecified atom stereocenters. The second-order valence-electron chi connectivity index (χ2n) is 9.09. The van der Waals surface area contributed by atoms with Gasteiger partial charge in [-0.05, 0) is 6.42 Å². The Morgan fingerprint density at radius 1 is 0.667 bits per heavy atom. The monoisotopic (exact) mass is 465 g/mol. The molecule has 192 valence electrons. The third-order valence-electron chi connectivity index (χ3n) is 5.99. The molecule has 1 aromatic heterocycles. The van der Waals surface area contributed by atoms with Crippen molar-refractivity contribution in [1.82, 2.24) is 4.98 Å². The van der Waals surface area contributed by atoms with Gasteiger partial charge >= 0.3 is 0 Å². The lowest BCUT2D eigenvalue weighted by Gasteiger charge is -2.18. The highest BCUT2D eigenvalue weighted by Gasteiger charge is 2.12. The lowest BCUT2D eigenvalue weighted by Crippen LogP contribution is -2.28. The van der Waals surface area contributed by atoms with Crippen molar-refractivity contribution >= 4 is 0 Å². The maximum absolute atomic E-state index is 5.89. The SMILES string of the molecule is CCCCCCCCCCCCCCCCCCOC[C@H](COC)Oc1cccc(OC)n1. The molecule has 0 aliphatic heterocycles. The first-order chi connectivity index (χ1) is 16.3. The van der Waals surface area contributed by atoms with Gasteiger partial charge in [0.15, 0.2) is 0 Å². The summed E-state index contributed by atoms with van der Waals surface area (Å²) in [6.07, 6.45) is 21.9. The van der Waals surface area contributed by atoms with Crippen LogP contribution < -0.4 is 9.47 Å². The first kappa shape index (κ1) is 29.7. The van der Waals surface area contributed by atoms with E-state index in [1.165, 1.54) is 96.3 Å². The summed E-state index contributed by atoms with van der Waals surface area (Å²) in [5, 5.41) is 0. The van der Waals surface area contributed by atoms with Crippen molar-refractivity contribution in [2.24, 2.45) is 0 Å².